The molecular weight excluding hydrogens is 266 g/mol. The standard InChI is InChI=1S/C17H19NO3/c1-3-12(17(20)21-4-2)11-15(19)16-14-8-6-5-7-13(14)9-10-18-16/h5-10,12H,3-4,11H2,1-2H3. The van der Waals surface area contributed by atoms with Crippen molar-refractivity contribution in [1.29, 1.82) is 0 Å². The van der Waals surface area contributed by atoms with Crippen LogP contribution < -0.4 is 0 Å². The summed E-state index contributed by atoms with van der Waals surface area (Å²) >= 11 is 0. The zero-order valence-corrected chi connectivity index (χ0v) is 12.3. The highest BCUT2D eigenvalue weighted by Gasteiger charge is 2.23. The Morgan fingerprint density at radius 2 is 1.95 bits per heavy atom. The first-order chi connectivity index (χ1) is 10.2. The van der Waals surface area contributed by atoms with Crippen molar-refractivity contribution < 1.29 is 14.3 Å². The summed E-state index contributed by atoms with van der Waals surface area (Å²) in [4.78, 5) is 28.5. The molecule has 0 N–H and O–H groups in total. The van der Waals surface area contributed by atoms with Crippen LogP contribution in [0.1, 0.15) is 37.2 Å². The zero-order valence-electron chi connectivity index (χ0n) is 12.3. The van der Waals surface area contributed by atoms with Crippen molar-refractivity contribution in [3.8, 4) is 0 Å². The summed E-state index contributed by atoms with van der Waals surface area (Å²) in [6.07, 6.45) is 2.34. The van der Waals surface area contributed by atoms with Gasteiger partial charge in [0.2, 0.25) is 0 Å². The number of carbonyl (C=O) groups excluding carboxylic acids is 2. The second-order valence-electron chi connectivity index (χ2n) is 4.87. The molecule has 4 nitrogen and oxygen atoms in total. The molecule has 0 radical (unpaired) electrons. The third-order valence-corrected chi connectivity index (χ3v) is 3.48. The number of aromatic nitrogens is 1. The van der Waals surface area contributed by atoms with Gasteiger partial charge in [-0.1, -0.05) is 31.2 Å². The van der Waals surface area contributed by atoms with E-state index in [1.807, 2.05) is 37.3 Å². The van der Waals surface area contributed by atoms with Crippen molar-refractivity contribution in [3.05, 3.63) is 42.2 Å². The van der Waals surface area contributed by atoms with Gasteiger partial charge in [-0.05, 0) is 24.8 Å². The Hall–Kier alpha value is -2.23. The largest absolute Gasteiger partial charge is 0.466 e. The maximum absolute atomic E-state index is 12.5. The Balaban J connectivity index is 2.24. The summed E-state index contributed by atoms with van der Waals surface area (Å²) in [5, 5.41) is 1.80. The molecule has 1 unspecified atom stereocenters. The Kier molecular flexibility index (Phi) is 5.04. The van der Waals surface area contributed by atoms with Crippen LogP contribution in [0.15, 0.2) is 36.5 Å². The topological polar surface area (TPSA) is 56.3 Å². The van der Waals surface area contributed by atoms with E-state index in [1.54, 1.807) is 13.1 Å². The summed E-state index contributed by atoms with van der Waals surface area (Å²) in [5.41, 5.74) is 0.427. The number of fused-ring (bicyclic) bond motifs is 1. The van der Waals surface area contributed by atoms with Crippen LogP contribution in [0.4, 0.5) is 0 Å². The third-order valence-electron chi connectivity index (χ3n) is 3.48. The van der Waals surface area contributed by atoms with Gasteiger partial charge in [-0.3, -0.25) is 14.6 Å². The number of Topliss-reactive ketones (excluding diaryl/α,β-unsaturated/α-hetero) is 1. The summed E-state index contributed by atoms with van der Waals surface area (Å²) < 4.78 is 5.01. The average Bonchev–Trinajstić information content (AvgIpc) is 2.52. The number of esters is 1. The van der Waals surface area contributed by atoms with E-state index in [4.69, 9.17) is 4.74 Å². The van der Waals surface area contributed by atoms with Gasteiger partial charge in [0.15, 0.2) is 5.78 Å². The maximum atomic E-state index is 12.5. The molecule has 0 aliphatic heterocycles. The van der Waals surface area contributed by atoms with Crippen molar-refractivity contribution in [1.82, 2.24) is 4.98 Å². The normalized spacial score (nSPS) is 12.1. The van der Waals surface area contributed by atoms with Crippen molar-refractivity contribution in [2.45, 2.75) is 26.7 Å². The maximum Gasteiger partial charge on any atom is 0.309 e. The number of nitrogens with zero attached hydrogens (tertiary/aromatic N) is 1. The lowest BCUT2D eigenvalue weighted by molar-refractivity contribution is -0.148. The molecule has 0 fully saturated rings. The van der Waals surface area contributed by atoms with Crippen LogP contribution in [0.5, 0.6) is 0 Å². The fourth-order valence-electron chi connectivity index (χ4n) is 2.32. The molecule has 0 saturated carbocycles. The molecule has 4 heteroatoms. The Labute approximate surface area is 124 Å². The Morgan fingerprint density at radius 1 is 1.19 bits per heavy atom. The van der Waals surface area contributed by atoms with Gasteiger partial charge in [0.1, 0.15) is 5.69 Å². The Bertz CT molecular complexity index is 646. The van der Waals surface area contributed by atoms with Crippen LogP contribution in [-0.2, 0) is 9.53 Å². The van der Waals surface area contributed by atoms with Crippen LogP contribution >= 0.6 is 0 Å². The third kappa shape index (κ3) is 3.45. The fraction of sp³-hybridized carbons (Fsp3) is 0.353. The summed E-state index contributed by atoms with van der Waals surface area (Å²) in [6.45, 7) is 3.97. The average molecular weight is 285 g/mol. The lowest BCUT2D eigenvalue weighted by atomic mass is 9.96. The predicted molar refractivity (Wildman–Crippen MR) is 81.1 cm³/mol. The molecule has 0 amide bonds. The molecule has 2 rings (SSSR count). The van der Waals surface area contributed by atoms with Crippen LogP contribution in [0.2, 0.25) is 0 Å². The molecule has 1 aromatic carbocycles. The minimum absolute atomic E-state index is 0.119. The van der Waals surface area contributed by atoms with Crippen LogP contribution in [0, 0.1) is 5.92 Å². The lowest BCUT2D eigenvalue weighted by Gasteiger charge is -2.13. The van der Waals surface area contributed by atoms with Gasteiger partial charge in [0, 0.05) is 18.0 Å². The van der Waals surface area contributed by atoms with Gasteiger partial charge in [-0.15, -0.1) is 0 Å². The predicted octanol–water partition coefficient (Wildman–Crippen LogP) is 3.40. The molecule has 1 aromatic heterocycles. The molecule has 110 valence electrons. The van der Waals surface area contributed by atoms with Gasteiger partial charge in [0.25, 0.3) is 0 Å². The highest BCUT2D eigenvalue weighted by atomic mass is 16.5. The molecule has 1 heterocycles. The number of hydrogen-bond donors (Lipinski definition) is 0. The molecule has 21 heavy (non-hydrogen) atoms. The number of pyridine rings is 1. The van der Waals surface area contributed by atoms with E-state index in [9.17, 15) is 9.59 Å². The molecule has 1 atom stereocenters. The number of ketones is 1. The van der Waals surface area contributed by atoms with Crippen molar-refractivity contribution >= 4 is 22.5 Å². The second kappa shape index (κ2) is 6.97. The van der Waals surface area contributed by atoms with E-state index in [-0.39, 0.29) is 18.2 Å². The lowest BCUT2D eigenvalue weighted by Crippen LogP contribution is -2.21. The molecular formula is C17H19NO3. The SMILES string of the molecule is CCOC(=O)C(CC)CC(=O)c1nccc2ccccc12. The second-order valence-corrected chi connectivity index (χ2v) is 4.87. The van der Waals surface area contributed by atoms with Crippen molar-refractivity contribution in [3.63, 3.8) is 0 Å². The van der Waals surface area contributed by atoms with Gasteiger partial charge in [-0.2, -0.15) is 0 Å². The number of rotatable bonds is 6. The minimum atomic E-state index is -0.404. The van der Waals surface area contributed by atoms with E-state index < -0.39 is 5.92 Å². The summed E-state index contributed by atoms with van der Waals surface area (Å²) in [5.74, 6) is -0.835. The van der Waals surface area contributed by atoms with Crippen LogP contribution in [0.25, 0.3) is 10.8 Å². The van der Waals surface area contributed by atoms with Crippen molar-refractivity contribution in [2.24, 2.45) is 5.92 Å². The summed E-state index contributed by atoms with van der Waals surface area (Å²) in [7, 11) is 0. The molecule has 0 spiro atoms. The summed E-state index contributed by atoms with van der Waals surface area (Å²) in [6, 6.07) is 9.49. The van der Waals surface area contributed by atoms with Crippen LogP contribution in [0.3, 0.4) is 0 Å². The monoisotopic (exact) mass is 285 g/mol. The van der Waals surface area contributed by atoms with Gasteiger partial charge < -0.3 is 4.74 Å². The van der Waals surface area contributed by atoms with E-state index >= 15 is 0 Å². The van der Waals surface area contributed by atoms with Gasteiger partial charge in [0.05, 0.1) is 12.5 Å². The zero-order chi connectivity index (χ0) is 15.2. The smallest absolute Gasteiger partial charge is 0.309 e. The van der Waals surface area contributed by atoms with Crippen LogP contribution in [-0.4, -0.2) is 23.3 Å². The highest BCUT2D eigenvalue weighted by Crippen LogP contribution is 2.20. The van der Waals surface area contributed by atoms with E-state index in [0.717, 1.165) is 10.8 Å². The minimum Gasteiger partial charge on any atom is -0.466 e. The Morgan fingerprint density at radius 3 is 2.67 bits per heavy atom. The first kappa shape index (κ1) is 15.2. The van der Waals surface area contributed by atoms with E-state index in [0.29, 0.717) is 18.7 Å². The quantitative estimate of drug-likeness (QED) is 0.603. The van der Waals surface area contributed by atoms with Gasteiger partial charge >= 0.3 is 5.97 Å². The number of carbonyl (C=O) groups is 2. The molecule has 0 bridgehead atoms. The first-order valence-corrected chi connectivity index (χ1v) is 7.21. The van der Waals surface area contributed by atoms with Gasteiger partial charge in [-0.25, -0.2) is 0 Å². The molecule has 0 saturated heterocycles. The number of benzene rings is 1. The number of hydrogen-bond acceptors (Lipinski definition) is 4. The van der Waals surface area contributed by atoms with E-state index in [2.05, 4.69) is 4.98 Å². The fourth-order valence-corrected chi connectivity index (χ4v) is 2.32. The number of ether oxygens (including phenoxy) is 1. The molecule has 0 aliphatic rings. The molecule has 2 aromatic rings. The molecule has 0 aliphatic carbocycles. The first-order valence-electron chi connectivity index (χ1n) is 7.21. The highest BCUT2D eigenvalue weighted by molar-refractivity contribution is 6.07. The van der Waals surface area contributed by atoms with Crippen molar-refractivity contribution in [2.75, 3.05) is 6.61 Å². The van der Waals surface area contributed by atoms with E-state index in [1.165, 1.54) is 0 Å².